The van der Waals surface area contributed by atoms with E-state index in [1.165, 1.54) is 5.56 Å². The van der Waals surface area contributed by atoms with E-state index >= 15 is 0 Å². The number of rotatable bonds is 4. The van der Waals surface area contributed by atoms with E-state index < -0.39 is 0 Å². The zero-order chi connectivity index (χ0) is 12.3. The third-order valence-electron chi connectivity index (χ3n) is 2.77. The van der Waals surface area contributed by atoms with Crippen molar-refractivity contribution in [3.05, 3.63) is 27.2 Å². The molecule has 3 heteroatoms. The van der Waals surface area contributed by atoms with Crippen LogP contribution < -0.4 is 4.74 Å². The van der Waals surface area contributed by atoms with Gasteiger partial charge in [0.05, 0.1) is 7.11 Å². The molecule has 0 saturated carbocycles. The molecule has 1 aromatic carbocycles. The fourth-order valence-electron chi connectivity index (χ4n) is 1.95. The molecule has 1 unspecified atom stereocenters. The highest BCUT2D eigenvalue weighted by atomic mass is 79.9. The molecule has 1 rings (SSSR count). The smallest absolute Gasteiger partial charge is 0.126 e. The van der Waals surface area contributed by atoms with Crippen LogP contribution >= 0.6 is 15.9 Å². The number of halogens is 1. The Kier molecular flexibility index (Phi) is 4.54. The van der Waals surface area contributed by atoms with E-state index in [0.29, 0.717) is 6.42 Å². The van der Waals surface area contributed by atoms with Crippen molar-refractivity contribution >= 4 is 22.2 Å². The summed E-state index contributed by atoms with van der Waals surface area (Å²) in [5.41, 5.74) is 3.37. The standard InChI is InChI=1S/C13H17BrO2/c1-8(5-6-15)11-12(14)9(2)7-10(3)13(11)16-4/h6-8H,5H2,1-4H3. The minimum Gasteiger partial charge on any atom is -0.496 e. The Hall–Kier alpha value is -0.830. The SMILES string of the molecule is COc1c(C)cc(C)c(Br)c1C(C)CC=O. The quantitative estimate of drug-likeness (QED) is 0.787. The third-order valence-corrected chi connectivity index (χ3v) is 3.82. The summed E-state index contributed by atoms with van der Waals surface area (Å²) in [5, 5.41) is 0. The van der Waals surface area contributed by atoms with Crippen LogP contribution in [0.2, 0.25) is 0 Å². The van der Waals surface area contributed by atoms with Crippen LogP contribution in [0.5, 0.6) is 5.75 Å². The van der Waals surface area contributed by atoms with Crippen molar-refractivity contribution in [3.63, 3.8) is 0 Å². The monoisotopic (exact) mass is 284 g/mol. The molecule has 0 aliphatic heterocycles. The van der Waals surface area contributed by atoms with Gasteiger partial charge in [-0.05, 0) is 30.9 Å². The molecule has 0 heterocycles. The van der Waals surface area contributed by atoms with Gasteiger partial charge >= 0.3 is 0 Å². The first-order chi connectivity index (χ1) is 7.52. The first-order valence-electron chi connectivity index (χ1n) is 5.30. The molecule has 0 aliphatic rings. The molecular weight excluding hydrogens is 268 g/mol. The second-order valence-corrected chi connectivity index (χ2v) is 4.87. The van der Waals surface area contributed by atoms with Crippen molar-refractivity contribution in [2.24, 2.45) is 0 Å². The Labute approximate surface area is 105 Å². The van der Waals surface area contributed by atoms with E-state index in [1.54, 1.807) is 7.11 Å². The summed E-state index contributed by atoms with van der Waals surface area (Å²) in [6.45, 7) is 6.11. The van der Waals surface area contributed by atoms with Crippen molar-refractivity contribution in [1.29, 1.82) is 0 Å². The van der Waals surface area contributed by atoms with Crippen LogP contribution in [0.15, 0.2) is 10.5 Å². The van der Waals surface area contributed by atoms with Gasteiger partial charge in [-0.25, -0.2) is 0 Å². The summed E-state index contributed by atoms with van der Waals surface area (Å²) in [6.07, 6.45) is 1.46. The molecule has 0 radical (unpaired) electrons. The Morgan fingerprint density at radius 1 is 1.44 bits per heavy atom. The predicted octanol–water partition coefficient (Wildman–Crippen LogP) is 3.77. The van der Waals surface area contributed by atoms with E-state index in [4.69, 9.17) is 4.74 Å². The van der Waals surface area contributed by atoms with Crippen LogP contribution in [0.1, 0.15) is 36.0 Å². The van der Waals surface area contributed by atoms with Crippen LogP contribution in [-0.4, -0.2) is 13.4 Å². The van der Waals surface area contributed by atoms with Gasteiger partial charge < -0.3 is 9.53 Å². The molecule has 1 atom stereocenters. The van der Waals surface area contributed by atoms with Gasteiger partial charge in [-0.15, -0.1) is 0 Å². The summed E-state index contributed by atoms with van der Waals surface area (Å²) >= 11 is 3.58. The summed E-state index contributed by atoms with van der Waals surface area (Å²) < 4.78 is 6.48. The van der Waals surface area contributed by atoms with Gasteiger partial charge in [0.15, 0.2) is 0 Å². The molecule has 0 fully saturated rings. The summed E-state index contributed by atoms with van der Waals surface area (Å²) in [6, 6.07) is 2.08. The Balaban J connectivity index is 3.37. The number of hydrogen-bond acceptors (Lipinski definition) is 2. The van der Waals surface area contributed by atoms with Gasteiger partial charge in [0.1, 0.15) is 12.0 Å². The second-order valence-electron chi connectivity index (χ2n) is 4.07. The number of ether oxygens (including phenoxy) is 1. The van der Waals surface area contributed by atoms with Gasteiger partial charge in [-0.2, -0.15) is 0 Å². The average Bonchev–Trinajstić information content (AvgIpc) is 2.23. The van der Waals surface area contributed by atoms with Crippen LogP contribution in [0.3, 0.4) is 0 Å². The van der Waals surface area contributed by atoms with Crippen LogP contribution in [0.25, 0.3) is 0 Å². The zero-order valence-corrected chi connectivity index (χ0v) is 11.7. The number of aldehydes is 1. The lowest BCUT2D eigenvalue weighted by atomic mass is 9.93. The van der Waals surface area contributed by atoms with Gasteiger partial charge in [0.25, 0.3) is 0 Å². The van der Waals surface area contributed by atoms with Crippen molar-refractivity contribution in [3.8, 4) is 5.75 Å². The van der Waals surface area contributed by atoms with E-state index in [2.05, 4.69) is 22.0 Å². The fourth-order valence-corrected chi connectivity index (χ4v) is 2.64. The predicted molar refractivity (Wildman–Crippen MR) is 69.3 cm³/mol. The van der Waals surface area contributed by atoms with Crippen LogP contribution in [0.4, 0.5) is 0 Å². The normalized spacial score (nSPS) is 12.3. The maximum Gasteiger partial charge on any atom is 0.126 e. The number of carbonyl (C=O) groups excluding carboxylic acids is 1. The topological polar surface area (TPSA) is 26.3 Å². The van der Waals surface area contributed by atoms with Crippen molar-refractivity contribution in [1.82, 2.24) is 0 Å². The number of methoxy groups -OCH3 is 1. The van der Waals surface area contributed by atoms with E-state index in [-0.39, 0.29) is 5.92 Å². The lowest BCUT2D eigenvalue weighted by Crippen LogP contribution is -2.03. The third kappa shape index (κ3) is 2.46. The van der Waals surface area contributed by atoms with E-state index in [0.717, 1.165) is 27.6 Å². The maximum absolute atomic E-state index is 10.6. The van der Waals surface area contributed by atoms with E-state index in [9.17, 15) is 4.79 Å². The van der Waals surface area contributed by atoms with E-state index in [1.807, 2.05) is 20.8 Å². The zero-order valence-electron chi connectivity index (χ0n) is 10.1. The largest absolute Gasteiger partial charge is 0.496 e. The van der Waals surface area contributed by atoms with Crippen molar-refractivity contribution in [2.45, 2.75) is 33.1 Å². The van der Waals surface area contributed by atoms with Crippen LogP contribution in [-0.2, 0) is 4.79 Å². The first kappa shape index (κ1) is 13.2. The lowest BCUT2D eigenvalue weighted by molar-refractivity contribution is -0.108. The summed E-state index contributed by atoms with van der Waals surface area (Å²) in [7, 11) is 1.67. The number of hydrogen-bond donors (Lipinski definition) is 0. The highest BCUT2D eigenvalue weighted by molar-refractivity contribution is 9.10. The molecule has 0 bridgehead atoms. The van der Waals surface area contributed by atoms with Crippen molar-refractivity contribution in [2.75, 3.05) is 7.11 Å². The second kappa shape index (κ2) is 5.48. The molecule has 16 heavy (non-hydrogen) atoms. The molecular formula is C13H17BrO2. The van der Waals surface area contributed by atoms with Gasteiger partial charge in [-0.1, -0.05) is 28.9 Å². The molecule has 0 aromatic heterocycles. The molecule has 0 aliphatic carbocycles. The lowest BCUT2D eigenvalue weighted by Gasteiger charge is -2.19. The molecule has 1 aromatic rings. The maximum atomic E-state index is 10.6. The Bertz CT molecular complexity index is 399. The molecule has 0 N–H and O–H groups in total. The van der Waals surface area contributed by atoms with Gasteiger partial charge in [0, 0.05) is 16.5 Å². The molecule has 0 spiro atoms. The first-order valence-corrected chi connectivity index (χ1v) is 6.09. The minimum atomic E-state index is 0.167. The summed E-state index contributed by atoms with van der Waals surface area (Å²) in [5.74, 6) is 1.05. The Morgan fingerprint density at radius 2 is 2.06 bits per heavy atom. The van der Waals surface area contributed by atoms with Crippen LogP contribution in [0, 0.1) is 13.8 Å². The Morgan fingerprint density at radius 3 is 2.56 bits per heavy atom. The minimum absolute atomic E-state index is 0.167. The van der Waals surface area contributed by atoms with Gasteiger partial charge in [0.2, 0.25) is 0 Å². The fraction of sp³-hybridized carbons (Fsp3) is 0.462. The molecule has 88 valence electrons. The molecule has 2 nitrogen and oxygen atoms in total. The van der Waals surface area contributed by atoms with Gasteiger partial charge in [-0.3, -0.25) is 0 Å². The highest BCUT2D eigenvalue weighted by Crippen LogP contribution is 2.39. The number of carbonyl (C=O) groups is 1. The number of benzene rings is 1. The average molecular weight is 285 g/mol. The molecule has 0 amide bonds. The number of aryl methyl sites for hydroxylation is 2. The summed E-state index contributed by atoms with van der Waals surface area (Å²) in [4.78, 5) is 10.6. The highest BCUT2D eigenvalue weighted by Gasteiger charge is 2.18. The van der Waals surface area contributed by atoms with Crippen molar-refractivity contribution < 1.29 is 9.53 Å². The molecule has 0 saturated heterocycles.